The highest BCUT2D eigenvalue weighted by atomic mass is 16.3. The van der Waals surface area contributed by atoms with Crippen LogP contribution in [0.1, 0.15) is 58.8 Å². The Morgan fingerprint density at radius 1 is 1.08 bits per heavy atom. The second kappa shape index (κ2) is 9.05. The van der Waals surface area contributed by atoms with E-state index in [4.69, 9.17) is 0 Å². The van der Waals surface area contributed by atoms with Crippen molar-refractivity contribution >= 4 is 17.4 Å². The number of aliphatic hydroxyl groups excluding tert-OH is 1. The van der Waals surface area contributed by atoms with Crippen molar-refractivity contribution in [3.63, 3.8) is 0 Å². The molecule has 1 aliphatic heterocycles. The zero-order valence-electron chi connectivity index (χ0n) is 21.9. The van der Waals surface area contributed by atoms with Gasteiger partial charge in [-0.1, -0.05) is 25.5 Å². The maximum absolute atomic E-state index is 13.7. The van der Waals surface area contributed by atoms with E-state index in [0.717, 1.165) is 70.5 Å². The summed E-state index contributed by atoms with van der Waals surface area (Å²) in [6, 6.07) is 6.04. The molecule has 2 heterocycles. The molecule has 0 amide bonds. The summed E-state index contributed by atoms with van der Waals surface area (Å²) in [5.74, 6) is 3.29. The van der Waals surface area contributed by atoms with Gasteiger partial charge in [0.05, 0.1) is 6.54 Å². The number of aliphatic hydroxyl groups is 1. The number of carbonyl (C=O) groups excluding carboxylic acids is 2. The summed E-state index contributed by atoms with van der Waals surface area (Å²) in [5.41, 5.74) is 1.30. The first-order valence-electron chi connectivity index (χ1n) is 14.1. The number of rotatable bonds is 4. The highest BCUT2D eigenvalue weighted by Crippen LogP contribution is 2.66. The maximum atomic E-state index is 13.7. The summed E-state index contributed by atoms with van der Waals surface area (Å²) in [5, 5.41) is 10.1. The quantitative estimate of drug-likeness (QED) is 0.644. The van der Waals surface area contributed by atoms with Crippen LogP contribution in [0.3, 0.4) is 0 Å². The van der Waals surface area contributed by atoms with Gasteiger partial charge < -0.3 is 10.0 Å². The molecule has 6 nitrogen and oxygen atoms in total. The van der Waals surface area contributed by atoms with Crippen LogP contribution in [0.2, 0.25) is 0 Å². The number of hydrogen-bond acceptors (Lipinski definition) is 6. The van der Waals surface area contributed by atoms with Crippen LogP contribution in [0.15, 0.2) is 36.0 Å². The van der Waals surface area contributed by atoms with Gasteiger partial charge in [-0.25, -0.2) is 4.98 Å². The van der Waals surface area contributed by atoms with Gasteiger partial charge in [0, 0.05) is 44.7 Å². The predicted molar refractivity (Wildman–Crippen MR) is 139 cm³/mol. The van der Waals surface area contributed by atoms with Gasteiger partial charge >= 0.3 is 0 Å². The zero-order valence-corrected chi connectivity index (χ0v) is 21.9. The van der Waals surface area contributed by atoms with Crippen LogP contribution in [0.4, 0.5) is 5.82 Å². The van der Waals surface area contributed by atoms with Gasteiger partial charge in [-0.2, -0.15) is 0 Å². The minimum Gasteiger partial charge on any atom is -0.381 e. The average molecular weight is 492 g/mol. The van der Waals surface area contributed by atoms with Crippen LogP contribution in [-0.4, -0.2) is 65.4 Å². The molecule has 4 fully saturated rings. The van der Waals surface area contributed by atoms with Crippen molar-refractivity contribution in [3.05, 3.63) is 36.0 Å². The fraction of sp³-hybridized carbons (Fsp3) is 0.700. The molecule has 0 spiro atoms. The van der Waals surface area contributed by atoms with E-state index >= 15 is 0 Å². The first-order chi connectivity index (χ1) is 17.3. The predicted octanol–water partition coefficient (Wildman–Crippen LogP) is 3.89. The van der Waals surface area contributed by atoms with E-state index in [0.29, 0.717) is 36.5 Å². The smallest absolute Gasteiger partial charge is 0.166 e. The fourth-order valence-electron chi connectivity index (χ4n) is 9.13. The monoisotopic (exact) mass is 491 g/mol. The Hall–Kier alpha value is -2.05. The zero-order chi connectivity index (χ0) is 25.1. The Morgan fingerprint density at radius 3 is 2.64 bits per heavy atom. The molecule has 0 bridgehead atoms. The summed E-state index contributed by atoms with van der Waals surface area (Å²) in [7, 11) is 0. The number of piperazine rings is 1. The number of pyridine rings is 1. The molecule has 5 aliphatic rings. The SMILES string of the molecule is C[C@]12CC[C@H]3[C@@H](CCC4=CC(O)C(=O)C[C@@]43C)[C@@H]1CC[C@@H]2C(=O)CN1CCN(c2ccccn2)CC1. The number of Topliss-reactive ketones (excluding diaryl/α,β-unsaturated/α-hetero) is 2. The third kappa shape index (κ3) is 3.87. The summed E-state index contributed by atoms with van der Waals surface area (Å²) in [6.45, 7) is 8.92. The summed E-state index contributed by atoms with van der Waals surface area (Å²) >= 11 is 0. The number of carbonyl (C=O) groups is 2. The van der Waals surface area contributed by atoms with E-state index in [1.165, 1.54) is 5.57 Å². The third-order valence-electron chi connectivity index (χ3n) is 11.1. The molecule has 1 saturated heterocycles. The summed E-state index contributed by atoms with van der Waals surface area (Å²) in [4.78, 5) is 35.4. The maximum Gasteiger partial charge on any atom is 0.166 e. The van der Waals surface area contributed by atoms with Crippen molar-refractivity contribution < 1.29 is 14.7 Å². The molecule has 6 heteroatoms. The van der Waals surface area contributed by atoms with Gasteiger partial charge in [-0.15, -0.1) is 0 Å². The van der Waals surface area contributed by atoms with E-state index in [1.807, 2.05) is 24.4 Å². The van der Waals surface area contributed by atoms with Crippen molar-refractivity contribution in [2.45, 2.75) is 64.9 Å². The Bertz CT molecular complexity index is 1050. The molecule has 1 N–H and O–H groups in total. The number of ketones is 2. The molecular formula is C30H41N3O3. The van der Waals surface area contributed by atoms with Crippen LogP contribution < -0.4 is 4.90 Å². The minimum absolute atomic E-state index is 0.0159. The molecule has 0 radical (unpaired) electrons. The molecule has 7 atom stereocenters. The van der Waals surface area contributed by atoms with E-state index in [2.05, 4.69) is 34.7 Å². The van der Waals surface area contributed by atoms with Crippen LogP contribution in [0, 0.1) is 34.5 Å². The molecule has 3 saturated carbocycles. The molecule has 36 heavy (non-hydrogen) atoms. The Kier molecular flexibility index (Phi) is 6.11. The molecule has 1 unspecified atom stereocenters. The lowest BCUT2D eigenvalue weighted by Crippen LogP contribution is -2.53. The van der Waals surface area contributed by atoms with Crippen LogP contribution in [0.25, 0.3) is 0 Å². The van der Waals surface area contributed by atoms with Gasteiger partial charge in [-0.3, -0.25) is 14.5 Å². The number of allylic oxidation sites excluding steroid dienone is 1. The molecule has 0 aromatic carbocycles. The Balaban J connectivity index is 1.11. The van der Waals surface area contributed by atoms with Gasteiger partial charge in [0.1, 0.15) is 17.7 Å². The first-order valence-corrected chi connectivity index (χ1v) is 14.1. The molecule has 6 rings (SSSR count). The normalized spacial score (nSPS) is 40.8. The van der Waals surface area contributed by atoms with Gasteiger partial charge in [-0.05, 0) is 85.3 Å². The highest BCUT2D eigenvalue weighted by Gasteiger charge is 2.60. The Morgan fingerprint density at radius 2 is 1.89 bits per heavy atom. The molecule has 1 aromatic heterocycles. The number of anilines is 1. The number of fused-ring (bicyclic) bond motifs is 5. The molecule has 194 valence electrons. The summed E-state index contributed by atoms with van der Waals surface area (Å²) in [6.07, 6.45) is 9.78. The number of hydrogen-bond donors (Lipinski definition) is 1. The van der Waals surface area contributed by atoms with Crippen molar-refractivity contribution in [2.24, 2.45) is 34.5 Å². The van der Waals surface area contributed by atoms with E-state index < -0.39 is 6.10 Å². The second-order valence-corrected chi connectivity index (χ2v) is 12.7. The largest absolute Gasteiger partial charge is 0.381 e. The van der Waals surface area contributed by atoms with Crippen LogP contribution in [-0.2, 0) is 9.59 Å². The second-order valence-electron chi connectivity index (χ2n) is 12.7. The van der Waals surface area contributed by atoms with E-state index in [1.54, 1.807) is 0 Å². The average Bonchev–Trinajstić information content (AvgIpc) is 3.23. The van der Waals surface area contributed by atoms with Crippen molar-refractivity contribution in [2.75, 3.05) is 37.6 Å². The van der Waals surface area contributed by atoms with Crippen LogP contribution in [0.5, 0.6) is 0 Å². The fourth-order valence-corrected chi connectivity index (χ4v) is 9.13. The van der Waals surface area contributed by atoms with Crippen molar-refractivity contribution in [3.8, 4) is 0 Å². The minimum atomic E-state index is -0.905. The number of aromatic nitrogens is 1. The molecule has 1 aromatic rings. The van der Waals surface area contributed by atoms with Crippen molar-refractivity contribution in [1.29, 1.82) is 0 Å². The van der Waals surface area contributed by atoms with Gasteiger partial charge in [0.15, 0.2) is 5.78 Å². The Labute approximate surface area is 215 Å². The van der Waals surface area contributed by atoms with Crippen LogP contribution >= 0.6 is 0 Å². The molecule has 4 aliphatic carbocycles. The van der Waals surface area contributed by atoms with Gasteiger partial charge in [0.25, 0.3) is 0 Å². The lowest BCUT2D eigenvalue weighted by Gasteiger charge is -2.58. The first kappa shape index (κ1) is 24.3. The topological polar surface area (TPSA) is 73.7 Å². The lowest BCUT2D eigenvalue weighted by molar-refractivity contribution is -0.134. The van der Waals surface area contributed by atoms with Gasteiger partial charge in [0.2, 0.25) is 0 Å². The standard InChI is InChI=1S/C30H41N3O3/c1-29-11-10-23-21(7-6-20-17-25(34)26(35)18-30(20,23)2)22(29)8-9-24(29)27(36)19-32-13-15-33(16-14-32)28-5-3-4-12-31-28/h3-5,12,17,21-25,34H,6-11,13-16,18-19H2,1-2H3/t21-,22-,23-,24+,25?,29-,30-/m0/s1. The lowest BCUT2D eigenvalue weighted by atomic mass is 9.46. The van der Waals surface area contributed by atoms with E-state index in [9.17, 15) is 14.7 Å². The summed E-state index contributed by atoms with van der Waals surface area (Å²) < 4.78 is 0. The molecular weight excluding hydrogens is 450 g/mol. The highest BCUT2D eigenvalue weighted by molar-refractivity contribution is 5.87. The third-order valence-corrected chi connectivity index (χ3v) is 11.1. The van der Waals surface area contributed by atoms with Crippen molar-refractivity contribution in [1.82, 2.24) is 9.88 Å². The number of nitrogens with zero attached hydrogens (tertiary/aromatic N) is 3. The van der Waals surface area contributed by atoms with E-state index in [-0.39, 0.29) is 22.5 Å².